The molecule has 2 aliphatic rings. The topological polar surface area (TPSA) is 48.1 Å². The van der Waals surface area contributed by atoms with Crippen LogP contribution in [-0.4, -0.2) is 86.1 Å². The number of hydrogen-bond acceptors (Lipinski definition) is 5. The predicted molar refractivity (Wildman–Crippen MR) is 108 cm³/mol. The molecule has 0 radical (unpaired) electrons. The van der Waals surface area contributed by atoms with Gasteiger partial charge in [-0.25, -0.2) is 0 Å². The van der Waals surface area contributed by atoms with Crippen LogP contribution in [0.2, 0.25) is 0 Å². The first-order valence-corrected chi connectivity index (χ1v) is 10.2. The molecule has 0 aromatic heterocycles. The molecule has 0 spiro atoms. The van der Waals surface area contributed by atoms with Gasteiger partial charge in [0, 0.05) is 52.4 Å². The van der Waals surface area contributed by atoms with Gasteiger partial charge in [0.15, 0.2) is 0 Å². The van der Waals surface area contributed by atoms with E-state index in [0.29, 0.717) is 5.92 Å². The minimum Gasteiger partial charge on any atom is -0.493 e. The van der Waals surface area contributed by atoms with Crippen LogP contribution >= 0.6 is 0 Å². The van der Waals surface area contributed by atoms with Gasteiger partial charge in [0.2, 0.25) is 5.91 Å². The van der Waals surface area contributed by atoms with Crippen LogP contribution in [-0.2, 0) is 11.3 Å². The van der Waals surface area contributed by atoms with E-state index < -0.39 is 0 Å². The van der Waals surface area contributed by atoms with E-state index in [0.717, 1.165) is 64.7 Å². The Hall–Kier alpha value is -1.63. The highest BCUT2D eigenvalue weighted by atomic mass is 16.5. The normalized spacial score (nSPS) is 22.2. The molecule has 2 saturated heterocycles. The van der Waals surface area contributed by atoms with Crippen molar-refractivity contribution in [1.82, 2.24) is 20.0 Å². The second kappa shape index (κ2) is 9.53. The maximum atomic E-state index is 12.9. The average molecular weight is 375 g/mol. The van der Waals surface area contributed by atoms with Crippen molar-refractivity contribution in [2.75, 3.05) is 59.5 Å². The number of rotatable bonds is 6. The van der Waals surface area contributed by atoms with Crippen molar-refractivity contribution < 1.29 is 9.53 Å². The summed E-state index contributed by atoms with van der Waals surface area (Å²) in [5.41, 5.74) is 1.24. The van der Waals surface area contributed by atoms with Gasteiger partial charge in [-0.05, 0) is 30.7 Å². The molecule has 0 bridgehead atoms. The Labute approximate surface area is 163 Å². The first-order valence-electron chi connectivity index (χ1n) is 10.2. The molecule has 1 N–H and O–H groups in total. The summed E-state index contributed by atoms with van der Waals surface area (Å²) in [6.45, 7) is 12.1. The van der Waals surface area contributed by atoms with Gasteiger partial charge in [0.05, 0.1) is 12.6 Å². The van der Waals surface area contributed by atoms with E-state index in [-0.39, 0.29) is 11.9 Å². The Kier molecular flexibility index (Phi) is 7.10. The van der Waals surface area contributed by atoms with E-state index in [1.54, 1.807) is 0 Å². The van der Waals surface area contributed by atoms with E-state index in [2.05, 4.69) is 54.2 Å². The molecular weight excluding hydrogens is 340 g/mol. The van der Waals surface area contributed by atoms with Crippen LogP contribution in [0.15, 0.2) is 24.3 Å². The van der Waals surface area contributed by atoms with Crippen molar-refractivity contribution in [1.29, 1.82) is 0 Å². The molecule has 0 unspecified atom stereocenters. The molecule has 1 aromatic carbocycles. The van der Waals surface area contributed by atoms with Crippen molar-refractivity contribution >= 4 is 5.91 Å². The molecule has 3 rings (SSSR count). The molecule has 2 heterocycles. The third-order valence-electron chi connectivity index (χ3n) is 5.26. The fourth-order valence-corrected chi connectivity index (χ4v) is 3.62. The lowest BCUT2D eigenvalue weighted by Gasteiger charge is -2.38. The standard InChI is InChI=1S/C21H34N4O2/c1-17(2)16-27-19-6-4-5-18(13-19)14-24-8-7-22-20(15-24)21(26)25-11-9-23(3)10-12-25/h4-6,13,17,20,22H,7-12,14-16H2,1-3H3/t20-/m0/s1. The van der Waals surface area contributed by atoms with Crippen molar-refractivity contribution in [3.8, 4) is 5.75 Å². The van der Waals surface area contributed by atoms with E-state index in [1.807, 2.05) is 11.0 Å². The Morgan fingerprint density at radius 1 is 1.22 bits per heavy atom. The van der Waals surface area contributed by atoms with Crippen LogP contribution in [0.5, 0.6) is 5.75 Å². The maximum absolute atomic E-state index is 12.9. The number of nitrogens with one attached hydrogen (secondary N) is 1. The first kappa shape index (κ1) is 20.1. The lowest BCUT2D eigenvalue weighted by Crippen LogP contribution is -2.59. The zero-order chi connectivity index (χ0) is 19.2. The number of benzene rings is 1. The van der Waals surface area contributed by atoms with Crippen LogP contribution in [0.3, 0.4) is 0 Å². The summed E-state index contributed by atoms with van der Waals surface area (Å²) in [5, 5.41) is 3.42. The van der Waals surface area contributed by atoms with Gasteiger partial charge in [-0.3, -0.25) is 9.69 Å². The lowest BCUT2D eigenvalue weighted by molar-refractivity contribution is -0.136. The molecule has 2 aliphatic heterocycles. The van der Waals surface area contributed by atoms with Crippen molar-refractivity contribution in [3.05, 3.63) is 29.8 Å². The summed E-state index contributed by atoms with van der Waals surface area (Å²) in [6.07, 6.45) is 0. The third-order valence-corrected chi connectivity index (χ3v) is 5.26. The molecule has 1 atom stereocenters. The molecule has 0 aliphatic carbocycles. The highest BCUT2D eigenvalue weighted by molar-refractivity contribution is 5.82. The Bertz CT molecular complexity index is 614. The van der Waals surface area contributed by atoms with Crippen molar-refractivity contribution in [3.63, 3.8) is 0 Å². The van der Waals surface area contributed by atoms with Crippen LogP contribution in [0.4, 0.5) is 0 Å². The molecule has 1 aromatic rings. The quantitative estimate of drug-likeness (QED) is 0.813. The molecule has 6 heteroatoms. The second-order valence-corrected chi connectivity index (χ2v) is 8.22. The fraction of sp³-hybridized carbons (Fsp3) is 0.667. The van der Waals surface area contributed by atoms with E-state index >= 15 is 0 Å². The van der Waals surface area contributed by atoms with Gasteiger partial charge in [-0.2, -0.15) is 0 Å². The Morgan fingerprint density at radius 3 is 2.74 bits per heavy atom. The molecule has 27 heavy (non-hydrogen) atoms. The van der Waals surface area contributed by atoms with Gasteiger partial charge in [0.1, 0.15) is 5.75 Å². The van der Waals surface area contributed by atoms with Crippen LogP contribution in [0, 0.1) is 5.92 Å². The van der Waals surface area contributed by atoms with Crippen LogP contribution in [0.25, 0.3) is 0 Å². The highest BCUT2D eigenvalue weighted by Gasteiger charge is 2.30. The monoisotopic (exact) mass is 374 g/mol. The van der Waals surface area contributed by atoms with Crippen molar-refractivity contribution in [2.24, 2.45) is 5.92 Å². The summed E-state index contributed by atoms with van der Waals surface area (Å²) >= 11 is 0. The number of piperazine rings is 2. The summed E-state index contributed by atoms with van der Waals surface area (Å²) in [5.74, 6) is 1.70. The van der Waals surface area contributed by atoms with Gasteiger partial charge in [-0.15, -0.1) is 0 Å². The van der Waals surface area contributed by atoms with E-state index in [4.69, 9.17) is 4.74 Å². The third kappa shape index (κ3) is 5.92. The van der Waals surface area contributed by atoms with Gasteiger partial charge in [-0.1, -0.05) is 26.0 Å². The molecule has 150 valence electrons. The average Bonchev–Trinajstić information content (AvgIpc) is 2.67. The summed E-state index contributed by atoms with van der Waals surface area (Å²) in [7, 11) is 2.11. The van der Waals surface area contributed by atoms with E-state index in [9.17, 15) is 4.79 Å². The number of amides is 1. The minimum atomic E-state index is -0.0949. The second-order valence-electron chi connectivity index (χ2n) is 8.22. The number of carbonyl (C=O) groups is 1. The zero-order valence-corrected chi connectivity index (χ0v) is 17.0. The largest absolute Gasteiger partial charge is 0.493 e. The number of likely N-dealkylation sites (N-methyl/N-ethyl adjacent to an activating group) is 1. The molecule has 2 fully saturated rings. The summed E-state index contributed by atoms with van der Waals surface area (Å²) in [4.78, 5) is 19.5. The number of carbonyl (C=O) groups excluding carboxylic acids is 1. The number of ether oxygens (including phenoxy) is 1. The minimum absolute atomic E-state index is 0.0949. The van der Waals surface area contributed by atoms with Crippen LogP contribution < -0.4 is 10.1 Å². The molecule has 6 nitrogen and oxygen atoms in total. The van der Waals surface area contributed by atoms with E-state index in [1.165, 1.54) is 5.56 Å². The molecule has 1 amide bonds. The maximum Gasteiger partial charge on any atom is 0.241 e. The lowest BCUT2D eigenvalue weighted by atomic mass is 10.1. The number of hydrogen-bond donors (Lipinski definition) is 1. The van der Waals surface area contributed by atoms with Crippen molar-refractivity contribution in [2.45, 2.75) is 26.4 Å². The SMILES string of the molecule is CC(C)COc1cccc(CN2CCN[C@H](C(=O)N3CCN(C)CC3)C2)c1. The Morgan fingerprint density at radius 2 is 2.00 bits per heavy atom. The highest BCUT2D eigenvalue weighted by Crippen LogP contribution is 2.17. The molecule has 0 saturated carbocycles. The van der Waals surface area contributed by atoms with Crippen LogP contribution in [0.1, 0.15) is 19.4 Å². The van der Waals surface area contributed by atoms with Gasteiger partial charge >= 0.3 is 0 Å². The Balaban J connectivity index is 1.53. The van der Waals surface area contributed by atoms with Gasteiger partial charge < -0.3 is 19.9 Å². The summed E-state index contributed by atoms with van der Waals surface area (Å²) < 4.78 is 5.85. The van der Waals surface area contributed by atoms with Gasteiger partial charge in [0.25, 0.3) is 0 Å². The smallest absolute Gasteiger partial charge is 0.241 e. The predicted octanol–water partition coefficient (Wildman–Crippen LogP) is 1.27. The summed E-state index contributed by atoms with van der Waals surface area (Å²) in [6, 6.07) is 8.25. The zero-order valence-electron chi connectivity index (χ0n) is 17.0. The number of nitrogens with zero attached hydrogens (tertiary/aromatic N) is 3. The molecular formula is C21H34N4O2. The fourth-order valence-electron chi connectivity index (χ4n) is 3.62. The first-order chi connectivity index (χ1) is 13.0.